The molecule has 0 fully saturated rings. The maximum absolute atomic E-state index is 13.1. The highest BCUT2D eigenvalue weighted by Gasteiger charge is 2.65. The molecular formula is C18H19F3N6O3. The van der Waals surface area contributed by atoms with E-state index in [4.69, 9.17) is 4.74 Å². The zero-order chi connectivity index (χ0) is 22.1. The molecule has 0 saturated carbocycles. The van der Waals surface area contributed by atoms with Crippen LogP contribution < -0.4 is 5.32 Å². The van der Waals surface area contributed by atoms with Crippen molar-refractivity contribution in [3.63, 3.8) is 0 Å². The summed E-state index contributed by atoms with van der Waals surface area (Å²) in [5.74, 6) is -1.31. The number of carbonyl (C=O) groups is 2. The minimum absolute atomic E-state index is 0.00690. The second kappa shape index (κ2) is 7.84. The van der Waals surface area contributed by atoms with Gasteiger partial charge in [-0.1, -0.05) is 24.3 Å². The molecule has 1 amide bonds. The number of aryl methyl sites for hydroxylation is 2. The first-order valence-corrected chi connectivity index (χ1v) is 9.02. The third kappa shape index (κ3) is 4.02. The summed E-state index contributed by atoms with van der Waals surface area (Å²) >= 11 is 0. The first-order valence-electron chi connectivity index (χ1n) is 9.02. The fourth-order valence-electron chi connectivity index (χ4n) is 2.90. The van der Waals surface area contributed by atoms with Crippen molar-refractivity contribution in [1.29, 1.82) is 0 Å². The lowest BCUT2D eigenvalue weighted by Crippen LogP contribution is -2.43. The zero-order valence-corrected chi connectivity index (χ0v) is 16.4. The van der Waals surface area contributed by atoms with Gasteiger partial charge in [0.15, 0.2) is 5.69 Å². The van der Waals surface area contributed by atoms with E-state index < -0.39 is 29.8 Å². The molecular weight excluding hydrogens is 405 g/mol. The lowest BCUT2D eigenvalue weighted by atomic mass is 9.98. The van der Waals surface area contributed by atoms with Crippen LogP contribution in [0.3, 0.4) is 0 Å². The number of hydrogen-bond donors (Lipinski definition) is 1. The number of halogens is 3. The monoisotopic (exact) mass is 424 g/mol. The summed E-state index contributed by atoms with van der Waals surface area (Å²) in [6, 6.07) is 4.28. The Bertz CT molecular complexity index is 978. The van der Waals surface area contributed by atoms with Crippen LogP contribution in [0.4, 0.5) is 13.2 Å². The van der Waals surface area contributed by atoms with Gasteiger partial charge >= 0.3 is 17.8 Å². The molecule has 1 N–H and O–H groups in total. The maximum atomic E-state index is 13.1. The minimum Gasteiger partial charge on any atom is -0.467 e. The molecule has 0 spiro atoms. The van der Waals surface area contributed by atoms with Crippen LogP contribution in [-0.2, 0) is 28.2 Å². The smallest absolute Gasteiger partial charge is 0.442 e. The Balaban J connectivity index is 1.74. The molecule has 12 heteroatoms. The van der Waals surface area contributed by atoms with E-state index in [1.165, 1.54) is 36.2 Å². The van der Waals surface area contributed by atoms with Gasteiger partial charge < -0.3 is 10.1 Å². The van der Waals surface area contributed by atoms with Crippen LogP contribution in [0.5, 0.6) is 0 Å². The summed E-state index contributed by atoms with van der Waals surface area (Å²) in [7, 11) is 1.17. The molecule has 1 aromatic carbocycles. The van der Waals surface area contributed by atoms with Gasteiger partial charge in [0.1, 0.15) is 6.04 Å². The van der Waals surface area contributed by atoms with Crippen LogP contribution in [0.25, 0.3) is 0 Å². The summed E-state index contributed by atoms with van der Waals surface area (Å²) in [4.78, 5) is 26.0. The van der Waals surface area contributed by atoms with E-state index in [9.17, 15) is 22.8 Å². The van der Waals surface area contributed by atoms with Gasteiger partial charge in [-0.25, -0.2) is 4.79 Å². The van der Waals surface area contributed by atoms with Gasteiger partial charge in [-0.3, -0.25) is 4.79 Å². The first-order chi connectivity index (χ1) is 14.1. The van der Waals surface area contributed by atoms with Crippen molar-refractivity contribution in [3.8, 4) is 0 Å². The summed E-state index contributed by atoms with van der Waals surface area (Å²) in [6.45, 7) is 3.90. The number of benzene rings is 1. The van der Waals surface area contributed by atoms with Gasteiger partial charge in [0.2, 0.25) is 0 Å². The number of nitrogens with one attached hydrogen (secondary N) is 1. The fraction of sp³-hybridized carbons (Fsp3) is 0.444. The molecule has 160 valence electrons. The number of hydrogen-bond acceptors (Lipinski definition) is 7. The van der Waals surface area contributed by atoms with Crippen molar-refractivity contribution >= 4 is 11.9 Å². The van der Waals surface area contributed by atoms with E-state index in [-0.39, 0.29) is 17.7 Å². The van der Waals surface area contributed by atoms with Gasteiger partial charge in [-0.2, -0.15) is 23.1 Å². The molecule has 0 aliphatic carbocycles. The Morgan fingerprint density at radius 3 is 2.30 bits per heavy atom. The quantitative estimate of drug-likeness (QED) is 0.686. The number of rotatable bonds is 7. The van der Waals surface area contributed by atoms with Crippen LogP contribution in [0, 0.1) is 6.92 Å². The van der Waals surface area contributed by atoms with E-state index >= 15 is 0 Å². The van der Waals surface area contributed by atoms with Crippen molar-refractivity contribution < 1.29 is 27.5 Å². The zero-order valence-electron chi connectivity index (χ0n) is 16.4. The third-order valence-electron chi connectivity index (χ3n) is 4.60. The van der Waals surface area contributed by atoms with Crippen molar-refractivity contribution in [2.24, 2.45) is 10.2 Å². The number of aromatic nitrogens is 3. The number of methoxy groups -OCH3 is 1. The van der Waals surface area contributed by atoms with Gasteiger partial charge in [0.05, 0.1) is 19.3 Å². The number of nitrogens with zero attached hydrogens (tertiary/aromatic N) is 5. The number of ether oxygens (including phenoxy) is 1. The molecule has 1 aromatic heterocycles. The highest BCUT2D eigenvalue weighted by atomic mass is 19.4. The standard InChI is InChI=1S/C18H19F3N6O3/c1-4-27-23-10(2)14(24-27)15(28)22-13(16(29)30-3)9-11-5-7-12(8-6-11)17(25-26-17)18(19,20)21/h5-8,13H,4,9H2,1-3H3,(H,22,28). The first kappa shape index (κ1) is 21.4. The third-order valence-corrected chi connectivity index (χ3v) is 4.60. The van der Waals surface area contributed by atoms with Crippen molar-refractivity contribution in [1.82, 2.24) is 20.3 Å². The molecule has 2 heterocycles. The van der Waals surface area contributed by atoms with Crippen LogP contribution in [0.1, 0.15) is 34.2 Å². The fourth-order valence-corrected chi connectivity index (χ4v) is 2.90. The van der Waals surface area contributed by atoms with Crippen LogP contribution in [0.15, 0.2) is 34.5 Å². The lowest BCUT2D eigenvalue weighted by Gasteiger charge is -2.17. The van der Waals surface area contributed by atoms with E-state index in [1.807, 2.05) is 6.92 Å². The largest absolute Gasteiger partial charge is 0.467 e. The number of amides is 1. The Labute approximate surface area is 169 Å². The Morgan fingerprint density at radius 2 is 1.83 bits per heavy atom. The predicted octanol–water partition coefficient (Wildman–Crippen LogP) is 2.30. The molecule has 30 heavy (non-hydrogen) atoms. The summed E-state index contributed by atoms with van der Waals surface area (Å²) in [5.41, 5.74) is -1.64. The number of carbonyl (C=O) groups excluding carboxylic acids is 2. The topological polar surface area (TPSA) is 111 Å². The Hall–Kier alpha value is -3.31. The van der Waals surface area contributed by atoms with Gasteiger partial charge in [0, 0.05) is 12.0 Å². The molecule has 0 saturated heterocycles. The normalized spacial score (nSPS) is 15.5. The highest BCUT2D eigenvalue weighted by molar-refractivity contribution is 5.96. The molecule has 2 aromatic rings. The van der Waals surface area contributed by atoms with Gasteiger partial charge in [-0.15, -0.1) is 15.3 Å². The van der Waals surface area contributed by atoms with Crippen molar-refractivity contribution in [3.05, 3.63) is 46.8 Å². The Kier molecular flexibility index (Phi) is 5.59. The number of alkyl halides is 3. The van der Waals surface area contributed by atoms with Crippen molar-refractivity contribution in [2.75, 3.05) is 7.11 Å². The summed E-state index contributed by atoms with van der Waals surface area (Å²) < 4.78 is 44.0. The Morgan fingerprint density at radius 1 is 1.20 bits per heavy atom. The second-order valence-electron chi connectivity index (χ2n) is 6.64. The molecule has 1 unspecified atom stereocenters. The highest BCUT2D eigenvalue weighted by Crippen LogP contribution is 2.52. The second-order valence-corrected chi connectivity index (χ2v) is 6.64. The molecule has 9 nitrogen and oxygen atoms in total. The predicted molar refractivity (Wildman–Crippen MR) is 96.4 cm³/mol. The van der Waals surface area contributed by atoms with Gasteiger partial charge in [-0.05, 0) is 19.4 Å². The van der Waals surface area contributed by atoms with Crippen molar-refractivity contribution in [2.45, 2.75) is 44.7 Å². The van der Waals surface area contributed by atoms with E-state index in [0.29, 0.717) is 17.8 Å². The lowest BCUT2D eigenvalue weighted by molar-refractivity contribution is -0.166. The van der Waals surface area contributed by atoms with E-state index in [2.05, 4.69) is 25.7 Å². The SMILES string of the molecule is CCn1nc(C)c(C(=O)NC(Cc2ccc(C3(C(F)(F)F)N=N3)cc2)C(=O)OC)n1. The minimum atomic E-state index is -4.62. The molecule has 1 aliphatic heterocycles. The molecule has 3 rings (SSSR count). The van der Waals surface area contributed by atoms with E-state index in [0.717, 1.165) is 0 Å². The average Bonchev–Trinajstić information content (AvgIpc) is 3.44. The summed E-state index contributed by atoms with van der Waals surface area (Å²) in [5, 5.41) is 17.0. The van der Waals surface area contributed by atoms with Crippen LogP contribution >= 0.6 is 0 Å². The van der Waals surface area contributed by atoms with Crippen LogP contribution in [0.2, 0.25) is 0 Å². The molecule has 0 radical (unpaired) electrons. The molecule has 0 bridgehead atoms. The average molecular weight is 424 g/mol. The van der Waals surface area contributed by atoms with Gasteiger partial charge in [0.25, 0.3) is 5.91 Å². The number of esters is 1. The van der Waals surface area contributed by atoms with Crippen LogP contribution in [-0.4, -0.2) is 46.2 Å². The molecule has 1 aliphatic rings. The maximum Gasteiger partial charge on any atom is 0.442 e. The summed E-state index contributed by atoms with van der Waals surface area (Å²) in [6.07, 6.45) is -4.61. The molecule has 1 atom stereocenters. The van der Waals surface area contributed by atoms with E-state index in [1.54, 1.807) is 6.92 Å².